The lowest BCUT2D eigenvalue weighted by Gasteiger charge is -2.20. The molecular weight excluding hydrogens is 236 g/mol. The van der Waals surface area contributed by atoms with Crippen LogP contribution in [0, 0.1) is 0 Å². The molecule has 0 amide bonds. The summed E-state index contributed by atoms with van der Waals surface area (Å²) in [6, 6.07) is 18.3. The zero-order valence-electron chi connectivity index (χ0n) is 11.5. The van der Waals surface area contributed by atoms with E-state index in [4.69, 9.17) is 4.74 Å². The maximum atomic E-state index is 5.24. The van der Waals surface area contributed by atoms with Crippen LogP contribution in [0.1, 0.15) is 0 Å². The number of methoxy groups -OCH3 is 1. The van der Waals surface area contributed by atoms with E-state index in [9.17, 15) is 0 Å². The number of rotatable bonds is 6. The molecule has 0 aliphatic heterocycles. The minimum absolute atomic E-state index is 0.889. The van der Waals surface area contributed by atoms with Crippen molar-refractivity contribution in [1.82, 2.24) is 0 Å². The Labute approximate surface area is 114 Å². The second-order valence-electron chi connectivity index (χ2n) is 4.42. The summed E-state index contributed by atoms with van der Waals surface area (Å²) in [5, 5.41) is 3.40. The summed E-state index contributed by atoms with van der Waals surface area (Å²) in [4.78, 5) is 2.21. The molecule has 100 valence electrons. The molecule has 0 bridgehead atoms. The molecule has 0 fully saturated rings. The summed E-state index contributed by atoms with van der Waals surface area (Å²) in [6.07, 6.45) is 0. The molecule has 1 N–H and O–H groups in total. The average Bonchev–Trinajstić information content (AvgIpc) is 2.48. The Morgan fingerprint density at radius 2 is 1.84 bits per heavy atom. The summed E-state index contributed by atoms with van der Waals surface area (Å²) in [5.74, 6) is 0.889. The molecular formula is C16H20N2O. The fourth-order valence-corrected chi connectivity index (χ4v) is 1.90. The average molecular weight is 256 g/mol. The quantitative estimate of drug-likeness (QED) is 0.858. The Hall–Kier alpha value is -2.16. The highest BCUT2D eigenvalue weighted by Gasteiger charge is 2.01. The second kappa shape index (κ2) is 6.69. The molecule has 2 aromatic carbocycles. The maximum Gasteiger partial charge on any atom is 0.120 e. The Balaban J connectivity index is 1.85. The highest BCUT2D eigenvalue weighted by Crippen LogP contribution is 2.19. The van der Waals surface area contributed by atoms with E-state index in [1.54, 1.807) is 7.11 Å². The van der Waals surface area contributed by atoms with Crippen molar-refractivity contribution in [3.05, 3.63) is 54.6 Å². The topological polar surface area (TPSA) is 24.5 Å². The fraction of sp³-hybridized carbons (Fsp3) is 0.250. The van der Waals surface area contributed by atoms with Crippen molar-refractivity contribution < 1.29 is 4.74 Å². The summed E-state index contributed by atoms with van der Waals surface area (Å²) in [6.45, 7) is 1.83. The molecule has 0 aliphatic rings. The van der Waals surface area contributed by atoms with Crippen LogP contribution in [0.2, 0.25) is 0 Å². The zero-order valence-corrected chi connectivity index (χ0v) is 11.5. The lowest BCUT2D eigenvalue weighted by atomic mass is 10.2. The van der Waals surface area contributed by atoms with Gasteiger partial charge >= 0.3 is 0 Å². The van der Waals surface area contributed by atoms with Crippen molar-refractivity contribution in [2.75, 3.05) is 37.5 Å². The van der Waals surface area contributed by atoms with Crippen LogP contribution in [0.3, 0.4) is 0 Å². The van der Waals surface area contributed by atoms with Crippen LogP contribution >= 0.6 is 0 Å². The van der Waals surface area contributed by atoms with Crippen LogP contribution < -0.4 is 15.0 Å². The van der Waals surface area contributed by atoms with Gasteiger partial charge in [0.05, 0.1) is 7.11 Å². The molecule has 0 aromatic heterocycles. The van der Waals surface area contributed by atoms with Crippen molar-refractivity contribution in [3.8, 4) is 5.75 Å². The molecule has 0 saturated carbocycles. The van der Waals surface area contributed by atoms with E-state index in [0.29, 0.717) is 0 Å². The van der Waals surface area contributed by atoms with E-state index in [1.807, 2.05) is 36.4 Å². The highest BCUT2D eigenvalue weighted by atomic mass is 16.5. The number of para-hydroxylation sites is 1. The first-order valence-corrected chi connectivity index (χ1v) is 6.44. The molecule has 2 aromatic rings. The zero-order chi connectivity index (χ0) is 13.5. The molecule has 0 radical (unpaired) electrons. The van der Waals surface area contributed by atoms with Gasteiger partial charge in [-0.15, -0.1) is 0 Å². The van der Waals surface area contributed by atoms with Gasteiger partial charge in [-0.25, -0.2) is 0 Å². The third-order valence-corrected chi connectivity index (χ3v) is 3.04. The van der Waals surface area contributed by atoms with Gasteiger partial charge in [-0.1, -0.05) is 24.3 Å². The van der Waals surface area contributed by atoms with Crippen LogP contribution in [-0.2, 0) is 0 Å². The summed E-state index contributed by atoms with van der Waals surface area (Å²) in [7, 11) is 3.78. The minimum atomic E-state index is 0.889. The molecule has 19 heavy (non-hydrogen) atoms. The van der Waals surface area contributed by atoms with Crippen molar-refractivity contribution >= 4 is 11.4 Å². The van der Waals surface area contributed by atoms with Gasteiger partial charge in [0.15, 0.2) is 0 Å². The van der Waals surface area contributed by atoms with Gasteiger partial charge in [0.2, 0.25) is 0 Å². The summed E-state index contributed by atoms with van der Waals surface area (Å²) >= 11 is 0. The first kappa shape index (κ1) is 13.3. The van der Waals surface area contributed by atoms with Gasteiger partial charge in [0, 0.05) is 37.6 Å². The Morgan fingerprint density at radius 3 is 2.58 bits per heavy atom. The van der Waals surface area contributed by atoms with Gasteiger partial charge in [0.1, 0.15) is 5.75 Å². The van der Waals surface area contributed by atoms with Crippen LogP contribution in [0.15, 0.2) is 54.6 Å². The van der Waals surface area contributed by atoms with E-state index in [1.165, 1.54) is 0 Å². The maximum absolute atomic E-state index is 5.24. The number of hydrogen-bond acceptors (Lipinski definition) is 3. The van der Waals surface area contributed by atoms with E-state index in [0.717, 1.165) is 30.2 Å². The Morgan fingerprint density at radius 1 is 1.05 bits per heavy atom. The predicted molar refractivity (Wildman–Crippen MR) is 81.2 cm³/mol. The predicted octanol–water partition coefficient (Wildman–Crippen LogP) is 3.24. The molecule has 0 saturated heterocycles. The van der Waals surface area contributed by atoms with Crippen molar-refractivity contribution in [2.45, 2.75) is 0 Å². The summed E-state index contributed by atoms with van der Waals surface area (Å²) in [5.41, 5.74) is 2.32. The molecule has 0 unspecified atom stereocenters. The van der Waals surface area contributed by atoms with Gasteiger partial charge in [-0.3, -0.25) is 0 Å². The normalized spacial score (nSPS) is 10.0. The molecule has 0 atom stereocenters. The number of likely N-dealkylation sites (N-methyl/N-ethyl adjacent to an activating group) is 1. The smallest absolute Gasteiger partial charge is 0.120 e. The van der Waals surface area contributed by atoms with Crippen molar-refractivity contribution in [2.24, 2.45) is 0 Å². The van der Waals surface area contributed by atoms with Gasteiger partial charge in [0.25, 0.3) is 0 Å². The van der Waals surface area contributed by atoms with Crippen LogP contribution in [-0.4, -0.2) is 27.2 Å². The Bertz CT molecular complexity index is 499. The lowest BCUT2D eigenvalue weighted by Crippen LogP contribution is -2.24. The number of hydrogen-bond donors (Lipinski definition) is 1. The Kier molecular flexibility index (Phi) is 4.67. The van der Waals surface area contributed by atoms with Crippen LogP contribution in [0.5, 0.6) is 5.75 Å². The third-order valence-electron chi connectivity index (χ3n) is 3.04. The first-order valence-electron chi connectivity index (χ1n) is 6.44. The molecule has 3 heteroatoms. The number of benzene rings is 2. The number of nitrogens with zero attached hydrogens (tertiary/aromatic N) is 1. The van der Waals surface area contributed by atoms with E-state index >= 15 is 0 Å². The molecule has 0 aliphatic carbocycles. The lowest BCUT2D eigenvalue weighted by molar-refractivity contribution is 0.415. The van der Waals surface area contributed by atoms with Gasteiger partial charge < -0.3 is 15.0 Å². The summed E-state index contributed by atoms with van der Waals surface area (Å²) < 4.78 is 5.24. The van der Waals surface area contributed by atoms with Crippen molar-refractivity contribution in [3.63, 3.8) is 0 Å². The number of ether oxygens (including phenoxy) is 1. The fourth-order valence-electron chi connectivity index (χ4n) is 1.90. The standard InChI is InChI=1S/C16H20N2O/c1-18(15-9-6-10-16(13-15)19-2)12-11-17-14-7-4-3-5-8-14/h3-10,13,17H,11-12H2,1-2H3. The number of nitrogens with one attached hydrogen (secondary N) is 1. The molecule has 0 heterocycles. The van der Waals surface area contributed by atoms with Crippen LogP contribution in [0.4, 0.5) is 11.4 Å². The van der Waals surface area contributed by atoms with E-state index in [2.05, 4.69) is 35.5 Å². The van der Waals surface area contributed by atoms with Gasteiger partial charge in [-0.2, -0.15) is 0 Å². The van der Waals surface area contributed by atoms with Crippen molar-refractivity contribution in [1.29, 1.82) is 0 Å². The monoisotopic (exact) mass is 256 g/mol. The number of anilines is 2. The SMILES string of the molecule is COc1cccc(N(C)CCNc2ccccc2)c1. The largest absolute Gasteiger partial charge is 0.497 e. The van der Waals surface area contributed by atoms with Crippen LogP contribution in [0.25, 0.3) is 0 Å². The minimum Gasteiger partial charge on any atom is -0.497 e. The van der Waals surface area contributed by atoms with E-state index < -0.39 is 0 Å². The molecule has 3 nitrogen and oxygen atoms in total. The van der Waals surface area contributed by atoms with Gasteiger partial charge in [-0.05, 0) is 24.3 Å². The second-order valence-corrected chi connectivity index (χ2v) is 4.42. The first-order chi connectivity index (χ1) is 9.29. The highest BCUT2D eigenvalue weighted by molar-refractivity contribution is 5.50. The third kappa shape index (κ3) is 3.91. The van der Waals surface area contributed by atoms with E-state index in [-0.39, 0.29) is 0 Å². The molecule has 2 rings (SSSR count). The molecule has 0 spiro atoms.